The Morgan fingerprint density at radius 3 is 1.51 bits per heavy atom. The normalized spacial score (nSPS) is 16.9. The maximum absolute atomic E-state index is 12.9. The molecule has 0 radical (unpaired) electrons. The highest BCUT2D eigenvalue weighted by Gasteiger charge is 2.40. The number of hydrogen-bond acceptors (Lipinski definition) is 7. The Balaban J connectivity index is 1.52. The Morgan fingerprint density at radius 2 is 1.09 bits per heavy atom. The van der Waals surface area contributed by atoms with Gasteiger partial charge >= 0.3 is 11.7 Å². The van der Waals surface area contributed by atoms with Crippen LogP contribution in [0.25, 0.3) is 0 Å². The minimum atomic E-state index is -1.09. The van der Waals surface area contributed by atoms with Gasteiger partial charge in [-0.2, -0.15) is 4.98 Å². The molecule has 2 rings (SSSR count). The number of carbonyl (C=O) groups excluding carboxylic acids is 2. The maximum Gasteiger partial charge on any atom is 0.351 e. The fraction of sp³-hybridized carbons (Fsp3) is 0.826. The van der Waals surface area contributed by atoms with Crippen LogP contribution >= 0.6 is 0 Å². The zero-order valence-corrected chi connectivity index (χ0v) is 35.3. The van der Waals surface area contributed by atoms with Gasteiger partial charge in [-0.05, 0) is 18.9 Å². The zero-order chi connectivity index (χ0) is 39.8. The summed E-state index contributed by atoms with van der Waals surface area (Å²) in [5.41, 5.74) is -0.341. The summed E-state index contributed by atoms with van der Waals surface area (Å²) in [6, 6.07) is 1.54. The van der Waals surface area contributed by atoms with Crippen molar-refractivity contribution in [2.75, 3.05) is 11.9 Å². The molecule has 0 spiro atoms. The first-order chi connectivity index (χ1) is 26.9. The number of aromatic nitrogens is 2. The third-order valence-corrected chi connectivity index (χ3v) is 11.1. The van der Waals surface area contributed by atoms with Crippen molar-refractivity contribution < 1.29 is 24.2 Å². The van der Waals surface area contributed by atoms with Gasteiger partial charge in [0.1, 0.15) is 24.6 Å². The highest BCUT2D eigenvalue weighted by molar-refractivity contribution is 5.89. The molecule has 1 aliphatic heterocycles. The molecule has 0 bridgehead atoms. The van der Waals surface area contributed by atoms with Gasteiger partial charge in [-0.3, -0.25) is 14.2 Å². The Hall–Kier alpha value is -2.52. The molecule has 2 N–H and O–H groups in total. The molecule has 1 amide bonds. The number of unbranched alkanes of at least 4 members (excludes halogenated alkanes) is 28. The van der Waals surface area contributed by atoms with E-state index in [2.05, 4.69) is 30.7 Å². The van der Waals surface area contributed by atoms with Gasteiger partial charge in [0, 0.05) is 24.6 Å². The minimum absolute atomic E-state index is 0.121. The van der Waals surface area contributed by atoms with Crippen molar-refractivity contribution in [3.05, 3.63) is 34.9 Å². The fourth-order valence-corrected chi connectivity index (χ4v) is 7.50. The molecule has 0 unspecified atom stereocenters. The molecule has 9 nitrogen and oxygen atoms in total. The summed E-state index contributed by atoms with van der Waals surface area (Å²) >= 11 is 0. The molecule has 3 atom stereocenters. The van der Waals surface area contributed by atoms with Gasteiger partial charge in [-0.15, -0.1) is 0 Å². The van der Waals surface area contributed by atoms with Crippen molar-refractivity contribution >= 4 is 17.7 Å². The number of carbonyl (C=O) groups is 2. The zero-order valence-electron chi connectivity index (χ0n) is 35.3. The van der Waals surface area contributed by atoms with Crippen LogP contribution in [0.5, 0.6) is 0 Å². The van der Waals surface area contributed by atoms with E-state index in [0.29, 0.717) is 12.8 Å². The largest absolute Gasteiger partial charge is 0.463 e. The van der Waals surface area contributed by atoms with Gasteiger partial charge in [0.25, 0.3) is 0 Å². The molecule has 316 valence electrons. The quantitative estimate of drug-likeness (QED) is 0.0396. The number of anilines is 1. The number of ether oxygens (including phenoxy) is 2. The van der Waals surface area contributed by atoms with E-state index >= 15 is 0 Å². The van der Waals surface area contributed by atoms with Gasteiger partial charge < -0.3 is 19.9 Å². The van der Waals surface area contributed by atoms with Crippen LogP contribution in [0.1, 0.15) is 226 Å². The summed E-state index contributed by atoms with van der Waals surface area (Å²) in [5, 5.41) is 13.4. The Bertz CT molecular complexity index is 1200. The second-order valence-electron chi connectivity index (χ2n) is 16.2. The van der Waals surface area contributed by atoms with Crippen molar-refractivity contribution in [2.45, 2.75) is 238 Å². The molecule has 1 fully saturated rings. The number of aliphatic hydroxyl groups excluding tert-OH is 1. The number of nitrogens with one attached hydrogen (secondary N) is 1. The number of aliphatic hydroxyl groups is 1. The van der Waals surface area contributed by atoms with Crippen LogP contribution < -0.4 is 11.0 Å². The van der Waals surface area contributed by atoms with Crippen LogP contribution in [-0.4, -0.2) is 45.3 Å². The van der Waals surface area contributed by atoms with E-state index in [1.54, 1.807) is 6.07 Å². The summed E-state index contributed by atoms with van der Waals surface area (Å²) in [4.78, 5) is 41.8. The van der Waals surface area contributed by atoms with Gasteiger partial charge in [0.2, 0.25) is 5.91 Å². The summed E-state index contributed by atoms with van der Waals surface area (Å²) < 4.78 is 12.5. The number of nitrogens with zero attached hydrogens (tertiary/aromatic N) is 2. The van der Waals surface area contributed by atoms with Gasteiger partial charge in [0.15, 0.2) is 6.23 Å². The Kier molecular flexibility index (Phi) is 28.8. The molecule has 1 saturated heterocycles. The Morgan fingerprint density at radius 1 is 0.691 bits per heavy atom. The first-order valence-electron chi connectivity index (χ1n) is 22.9. The van der Waals surface area contributed by atoms with Crippen LogP contribution in [0, 0.1) is 0 Å². The molecule has 1 aliphatic rings. The van der Waals surface area contributed by atoms with Crippen molar-refractivity contribution in [1.82, 2.24) is 9.55 Å². The smallest absolute Gasteiger partial charge is 0.351 e. The van der Waals surface area contributed by atoms with E-state index in [9.17, 15) is 19.5 Å². The Labute approximate surface area is 335 Å². The lowest BCUT2D eigenvalue weighted by Crippen LogP contribution is -2.29. The van der Waals surface area contributed by atoms with Crippen LogP contribution in [-0.2, 0) is 19.1 Å². The predicted molar refractivity (Wildman–Crippen MR) is 226 cm³/mol. The summed E-state index contributed by atoms with van der Waals surface area (Å²) in [6.45, 7) is 8.33. The molecule has 2 heterocycles. The van der Waals surface area contributed by atoms with Crippen molar-refractivity contribution in [3.8, 4) is 0 Å². The van der Waals surface area contributed by atoms with Crippen LogP contribution in [0.3, 0.4) is 0 Å². The molecule has 1 aromatic heterocycles. The number of esters is 1. The number of hydrogen-bond donors (Lipinski definition) is 2. The van der Waals surface area contributed by atoms with E-state index in [-0.39, 0.29) is 29.9 Å². The predicted octanol–water partition coefficient (Wildman–Crippen LogP) is 12.1. The van der Waals surface area contributed by atoms with E-state index in [0.717, 1.165) is 38.5 Å². The summed E-state index contributed by atoms with van der Waals surface area (Å²) in [5.74, 6) is -0.300. The van der Waals surface area contributed by atoms with Crippen LogP contribution in [0.4, 0.5) is 5.82 Å². The summed E-state index contributed by atoms with van der Waals surface area (Å²) in [7, 11) is 0. The first kappa shape index (κ1) is 48.6. The maximum atomic E-state index is 12.9. The van der Waals surface area contributed by atoms with E-state index in [1.807, 2.05) is 0 Å². The summed E-state index contributed by atoms with van der Waals surface area (Å²) in [6.07, 6.45) is 37.4. The topological polar surface area (TPSA) is 120 Å². The van der Waals surface area contributed by atoms with Crippen molar-refractivity contribution in [1.29, 1.82) is 0 Å². The monoisotopic (exact) mass is 772 g/mol. The average Bonchev–Trinajstić information content (AvgIpc) is 3.45. The number of amides is 1. The molecule has 0 aliphatic carbocycles. The second kappa shape index (κ2) is 32.6. The first-order valence-corrected chi connectivity index (χ1v) is 22.9. The highest BCUT2D eigenvalue weighted by atomic mass is 16.6. The molecule has 0 aromatic carbocycles. The average molecular weight is 772 g/mol. The van der Waals surface area contributed by atoms with E-state index < -0.39 is 24.1 Å². The fourth-order valence-electron chi connectivity index (χ4n) is 7.50. The molecule has 9 heteroatoms. The minimum Gasteiger partial charge on any atom is -0.463 e. The molecule has 0 saturated carbocycles. The molecular weight excluding hydrogens is 691 g/mol. The lowest BCUT2D eigenvalue weighted by Gasteiger charge is -2.16. The van der Waals surface area contributed by atoms with Crippen LogP contribution in [0.15, 0.2) is 29.2 Å². The van der Waals surface area contributed by atoms with E-state index in [1.165, 1.54) is 165 Å². The SMILES string of the molecule is C=C1[C@H](n2ccc(NC(=O)CCCCCCCCCCCCCCCCC)nc2=O)O[C@H](COC(=O)CCCCCCCCCCCCCCCCC)[C@H]1O. The lowest BCUT2D eigenvalue weighted by atomic mass is 10.0. The highest BCUT2D eigenvalue weighted by Crippen LogP contribution is 2.32. The lowest BCUT2D eigenvalue weighted by molar-refractivity contribution is -0.150. The molecule has 1 aromatic rings. The van der Waals surface area contributed by atoms with Gasteiger partial charge in [-0.25, -0.2) is 4.79 Å². The van der Waals surface area contributed by atoms with E-state index in [4.69, 9.17) is 9.47 Å². The van der Waals surface area contributed by atoms with Gasteiger partial charge in [-0.1, -0.05) is 200 Å². The van der Waals surface area contributed by atoms with Crippen molar-refractivity contribution in [3.63, 3.8) is 0 Å². The van der Waals surface area contributed by atoms with Crippen molar-refractivity contribution in [2.24, 2.45) is 0 Å². The third kappa shape index (κ3) is 23.3. The molecule has 55 heavy (non-hydrogen) atoms. The number of rotatable bonds is 36. The van der Waals surface area contributed by atoms with Crippen LogP contribution in [0.2, 0.25) is 0 Å². The molecular formula is C46H81N3O6. The van der Waals surface area contributed by atoms with Gasteiger partial charge in [0.05, 0.1) is 0 Å². The standard InChI is InChI=1S/C46H81N3O6/c1-4-6-8-10-12-14-16-18-20-22-24-26-28-30-32-34-42(50)47-41-36-37-49(46(53)48-41)45-39(3)44(52)40(55-45)38-54-43(51)35-33-31-29-27-25-23-21-19-17-15-13-11-9-7-5-2/h36-37,40,44-45,52H,3-35,38H2,1-2H3,(H,47,48,50,53)/t40-,44+,45-/m1/s1. The second-order valence-corrected chi connectivity index (χ2v) is 16.2. The third-order valence-electron chi connectivity index (χ3n) is 11.1.